The summed E-state index contributed by atoms with van der Waals surface area (Å²) in [5.41, 5.74) is 4.43. The summed E-state index contributed by atoms with van der Waals surface area (Å²) in [5.74, 6) is 0.334. The summed E-state index contributed by atoms with van der Waals surface area (Å²) in [6.45, 7) is 3.83. The zero-order chi connectivity index (χ0) is 19.9. The topological polar surface area (TPSA) is 50.7 Å². The Morgan fingerprint density at radius 2 is 1.82 bits per heavy atom. The maximum absolute atomic E-state index is 12.2. The first kappa shape index (κ1) is 19.6. The highest BCUT2D eigenvalue weighted by Crippen LogP contribution is 2.21. The second kappa shape index (κ2) is 9.20. The van der Waals surface area contributed by atoms with E-state index < -0.39 is 0 Å². The Kier molecular flexibility index (Phi) is 6.45. The van der Waals surface area contributed by atoms with E-state index in [1.807, 2.05) is 68.4 Å². The lowest BCUT2D eigenvalue weighted by molar-refractivity contribution is -0.118. The Morgan fingerprint density at radius 3 is 2.57 bits per heavy atom. The molecular weight excluding hydrogens is 372 g/mol. The molecule has 0 aliphatic rings. The lowest BCUT2D eigenvalue weighted by Gasteiger charge is -2.10. The third kappa shape index (κ3) is 5.44. The van der Waals surface area contributed by atoms with Gasteiger partial charge in [-0.2, -0.15) is 0 Å². The monoisotopic (exact) mass is 392 g/mol. The lowest BCUT2D eigenvalue weighted by Crippen LogP contribution is -2.20. The number of benzene rings is 3. The minimum Gasteiger partial charge on any atom is -0.483 e. The predicted molar refractivity (Wildman–Crippen MR) is 115 cm³/mol. The number of anilines is 1. The van der Waals surface area contributed by atoms with Gasteiger partial charge in [-0.1, -0.05) is 47.5 Å². The van der Waals surface area contributed by atoms with E-state index in [0.717, 1.165) is 16.8 Å². The first-order valence-corrected chi connectivity index (χ1v) is 9.27. The average Bonchev–Trinajstić information content (AvgIpc) is 2.69. The van der Waals surface area contributed by atoms with Crippen LogP contribution in [-0.4, -0.2) is 18.7 Å². The Labute approximate surface area is 169 Å². The Bertz CT molecular complexity index is 998. The summed E-state index contributed by atoms with van der Waals surface area (Å²) in [6, 6.07) is 20.8. The van der Waals surface area contributed by atoms with E-state index >= 15 is 0 Å². The number of aryl methyl sites for hydroxylation is 2. The zero-order valence-corrected chi connectivity index (χ0v) is 16.5. The Balaban J connectivity index is 1.63. The number of rotatable bonds is 6. The van der Waals surface area contributed by atoms with E-state index in [0.29, 0.717) is 16.5 Å². The quantitative estimate of drug-likeness (QED) is 0.545. The summed E-state index contributed by atoms with van der Waals surface area (Å²) in [4.78, 5) is 16.7. The molecule has 3 aromatic rings. The van der Waals surface area contributed by atoms with Crippen molar-refractivity contribution in [3.63, 3.8) is 0 Å². The van der Waals surface area contributed by atoms with Crippen LogP contribution >= 0.6 is 11.6 Å². The first-order valence-electron chi connectivity index (χ1n) is 8.90. The molecule has 0 fully saturated rings. The van der Waals surface area contributed by atoms with Gasteiger partial charge in [-0.05, 0) is 55.8 Å². The van der Waals surface area contributed by atoms with Crippen molar-refractivity contribution < 1.29 is 9.53 Å². The highest BCUT2D eigenvalue weighted by Gasteiger charge is 2.07. The number of halogens is 1. The second-order valence-electron chi connectivity index (χ2n) is 6.43. The van der Waals surface area contributed by atoms with E-state index in [9.17, 15) is 4.79 Å². The highest BCUT2D eigenvalue weighted by atomic mass is 35.5. The molecule has 28 heavy (non-hydrogen) atoms. The SMILES string of the molecule is Cc1ccc(N=Cc2ccccc2OCC(=O)Nc2ccc(C)c(Cl)c2)cc1. The van der Waals surface area contributed by atoms with Gasteiger partial charge in [0.25, 0.3) is 5.91 Å². The van der Waals surface area contributed by atoms with E-state index in [2.05, 4.69) is 10.3 Å². The fraction of sp³-hybridized carbons (Fsp3) is 0.130. The van der Waals surface area contributed by atoms with Crippen molar-refractivity contribution in [2.75, 3.05) is 11.9 Å². The van der Waals surface area contributed by atoms with Gasteiger partial charge in [0.2, 0.25) is 0 Å². The minimum absolute atomic E-state index is 0.110. The number of nitrogens with one attached hydrogen (secondary N) is 1. The standard InChI is InChI=1S/C23H21ClN2O2/c1-16-7-10-19(11-8-16)25-14-18-5-3-4-6-22(18)28-15-23(27)26-20-12-9-17(2)21(24)13-20/h3-14H,15H2,1-2H3,(H,26,27). The largest absolute Gasteiger partial charge is 0.483 e. The second-order valence-corrected chi connectivity index (χ2v) is 6.84. The van der Waals surface area contributed by atoms with Gasteiger partial charge in [-0.25, -0.2) is 0 Å². The van der Waals surface area contributed by atoms with E-state index in [1.165, 1.54) is 5.56 Å². The molecule has 0 saturated heterocycles. The van der Waals surface area contributed by atoms with Crippen LogP contribution in [0.1, 0.15) is 16.7 Å². The smallest absolute Gasteiger partial charge is 0.262 e. The maximum Gasteiger partial charge on any atom is 0.262 e. The number of hydrogen-bond donors (Lipinski definition) is 1. The van der Waals surface area contributed by atoms with E-state index in [1.54, 1.807) is 18.3 Å². The van der Waals surface area contributed by atoms with Crippen molar-refractivity contribution >= 4 is 35.1 Å². The number of hydrogen-bond acceptors (Lipinski definition) is 3. The highest BCUT2D eigenvalue weighted by molar-refractivity contribution is 6.31. The molecule has 0 aliphatic heterocycles. The molecule has 4 nitrogen and oxygen atoms in total. The molecule has 0 spiro atoms. The number of amides is 1. The van der Waals surface area contributed by atoms with Gasteiger partial charge in [0, 0.05) is 22.5 Å². The summed E-state index contributed by atoms with van der Waals surface area (Å²) < 4.78 is 5.70. The van der Waals surface area contributed by atoms with E-state index in [4.69, 9.17) is 16.3 Å². The summed E-state index contributed by atoms with van der Waals surface area (Å²) in [6.07, 6.45) is 1.73. The van der Waals surface area contributed by atoms with Crippen LogP contribution in [0.3, 0.4) is 0 Å². The van der Waals surface area contributed by atoms with Gasteiger partial charge in [-0.15, -0.1) is 0 Å². The Morgan fingerprint density at radius 1 is 1.07 bits per heavy atom. The fourth-order valence-corrected chi connectivity index (χ4v) is 2.69. The molecule has 0 saturated carbocycles. The molecule has 3 aromatic carbocycles. The average molecular weight is 393 g/mol. The van der Waals surface area contributed by atoms with Crippen LogP contribution in [0.25, 0.3) is 0 Å². The summed E-state index contributed by atoms with van der Waals surface area (Å²) in [7, 11) is 0. The van der Waals surface area contributed by atoms with Crippen molar-refractivity contribution in [1.29, 1.82) is 0 Å². The number of nitrogens with zero attached hydrogens (tertiary/aromatic N) is 1. The molecule has 0 unspecified atom stereocenters. The molecule has 1 amide bonds. The van der Waals surface area contributed by atoms with Gasteiger partial charge < -0.3 is 10.1 Å². The number of ether oxygens (including phenoxy) is 1. The molecule has 0 atom stereocenters. The molecule has 1 N–H and O–H groups in total. The maximum atomic E-state index is 12.2. The fourth-order valence-electron chi connectivity index (χ4n) is 2.50. The van der Waals surface area contributed by atoms with Crippen molar-refractivity contribution in [1.82, 2.24) is 0 Å². The van der Waals surface area contributed by atoms with Crippen molar-refractivity contribution in [2.45, 2.75) is 13.8 Å². The molecule has 5 heteroatoms. The van der Waals surface area contributed by atoms with Crippen LogP contribution in [0.15, 0.2) is 71.7 Å². The minimum atomic E-state index is -0.259. The van der Waals surface area contributed by atoms with Crippen LogP contribution in [0.5, 0.6) is 5.75 Å². The zero-order valence-electron chi connectivity index (χ0n) is 15.8. The van der Waals surface area contributed by atoms with Crippen molar-refractivity contribution in [3.8, 4) is 5.75 Å². The molecule has 3 rings (SSSR count). The molecule has 0 radical (unpaired) electrons. The van der Waals surface area contributed by atoms with Crippen LogP contribution in [-0.2, 0) is 4.79 Å². The third-order valence-corrected chi connectivity index (χ3v) is 4.53. The molecule has 142 valence electrons. The van der Waals surface area contributed by atoms with Crippen LogP contribution in [0.2, 0.25) is 5.02 Å². The van der Waals surface area contributed by atoms with Gasteiger partial charge in [0.05, 0.1) is 5.69 Å². The summed E-state index contributed by atoms with van der Waals surface area (Å²) in [5, 5.41) is 3.39. The van der Waals surface area contributed by atoms with Gasteiger partial charge in [0.1, 0.15) is 5.75 Å². The lowest BCUT2D eigenvalue weighted by atomic mass is 10.2. The van der Waals surface area contributed by atoms with Gasteiger partial charge in [0.15, 0.2) is 6.61 Å². The van der Waals surface area contributed by atoms with Crippen molar-refractivity contribution in [3.05, 3.63) is 88.4 Å². The van der Waals surface area contributed by atoms with Gasteiger partial charge >= 0.3 is 0 Å². The normalized spacial score (nSPS) is 10.8. The van der Waals surface area contributed by atoms with Crippen LogP contribution in [0.4, 0.5) is 11.4 Å². The molecular formula is C23H21ClN2O2. The van der Waals surface area contributed by atoms with Crippen molar-refractivity contribution in [2.24, 2.45) is 4.99 Å². The third-order valence-electron chi connectivity index (χ3n) is 4.12. The molecule has 0 aromatic heterocycles. The Hall–Kier alpha value is -3.11. The van der Waals surface area contributed by atoms with Crippen LogP contribution < -0.4 is 10.1 Å². The molecule has 0 heterocycles. The van der Waals surface area contributed by atoms with Gasteiger partial charge in [-0.3, -0.25) is 9.79 Å². The number of aliphatic imine (C=N–C) groups is 1. The van der Waals surface area contributed by atoms with E-state index in [-0.39, 0.29) is 12.5 Å². The number of carbonyl (C=O) groups is 1. The number of para-hydroxylation sites is 1. The van der Waals surface area contributed by atoms with Crippen LogP contribution in [0, 0.1) is 13.8 Å². The predicted octanol–water partition coefficient (Wildman–Crippen LogP) is 5.72. The molecule has 0 bridgehead atoms. The summed E-state index contributed by atoms with van der Waals surface area (Å²) >= 11 is 6.09. The first-order chi connectivity index (χ1) is 13.5. The number of carbonyl (C=O) groups excluding carboxylic acids is 1. The molecule has 0 aliphatic carbocycles.